The van der Waals surface area contributed by atoms with Gasteiger partial charge in [0.2, 0.25) is 0 Å². The van der Waals surface area contributed by atoms with Gasteiger partial charge < -0.3 is 4.74 Å². The lowest BCUT2D eigenvalue weighted by Gasteiger charge is -2.07. The second-order valence-corrected chi connectivity index (χ2v) is 5.80. The molecule has 0 aliphatic carbocycles. The average Bonchev–Trinajstić information content (AvgIpc) is 2.62. The second-order valence-electron chi connectivity index (χ2n) is 5.37. The molecule has 0 saturated heterocycles. The number of hydrogen-bond donors (Lipinski definition) is 1. The van der Waals surface area contributed by atoms with E-state index in [0.29, 0.717) is 11.6 Å². The molecule has 0 spiro atoms. The van der Waals surface area contributed by atoms with Crippen LogP contribution in [0.15, 0.2) is 77.9 Å². The van der Waals surface area contributed by atoms with E-state index in [1.165, 1.54) is 12.1 Å². The first kappa shape index (κ1) is 17.0. The first-order valence-corrected chi connectivity index (χ1v) is 8.09. The van der Waals surface area contributed by atoms with E-state index >= 15 is 0 Å². The SMILES string of the molecule is Fc1ccc(COc2cccc(C=NNc3cccc(Cl)c3)c2)cc1. The van der Waals surface area contributed by atoms with E-state index in [1.807, 2.05) is 36.4 Å². The molecule has 0 aromatic heterocycles. The Kier molecular flexibility index (Phi) is 5.65. The highest BCUT2D eigenvalue weighted by Crippen LogP contribution is 2.16. The number of ether oxygens (including phenoxy) is 1. The first-order chi connectivity index (χ1) is 12.2. The van der Waals surface area contributed by atoms with Crippen molar-refractivity contribution in [2.45, 2.75) is 6.61 Å². The molecule has 5 heteroatoms. The Hall–Kier alpha value is -2.85. The second kappa shape index (κ2) is 8.31. The molecule has 3 rings (SSSR count). The summed E-state index contributed by atoms with van der Waals surface area (Å²) in [5, 5.41) is 4.84. The van der Waals surface area contributed by atoms with Crippen molar-refractivity contribution < 1.29 is 9.13 Å². The molecule has 3 nitrogen and oxygen atoms in total. The lowest BCUT2D eigenvalue weighted by Crippen LogP contribution is -1.96. The Morgan fingerprint density at radius 3 is 2.60 bits per heavy atom. The van der Waals surface area contributed by atoms with Gasteiger partial charge in [0, 0.05) is 5.02 Å². The van der Waals surface area contributed by atoms with Crippen LogP contribution in [0.3, 0.4) is 0 Å². The number of hydrazone groups is 1. The van der Waals surface area contributed by atoms with Crippen LogP contribution in [-0.2, 0) is 6.61 Å². The van der Waals surface area contributed by atoms with E-state index in [-0.39, 0.29) is 5.82 Å². The molecule has 25 heavy (non-hydrogen) atoms. The van der Waals surface area contributed by atoms with E-state index < -0.39 is 0 Å². The molecule has 0 saturated carbocycles. The van der Waals surface area contributed by atoms with E-state index in [2.05, 4.69) is 10.5 Å². The molecular weight excluding hydrogens is 339 g/mol. The van der Waals surface area contributed by atoms with Gasteiger partial charge in [0.15, 0.2) is 0 Å². The maximum absolute atomic E-state index is 12.9. The Morgan fingerprint density at radius 1 is 1.00 bits per heavy atom. The third-order valence-corrected chi connectivity index (χ3v) is 3.64. The first-order valence-electron chi connectivity index (χ1n) is 7.71. The van der Waals surface area contributed by atoms with Crippen molar-refractivity contribution in [3.63, 3.8) is 0 Å². The fraction of sp³-hybridized carbons (Fsp3) is 0.0500. The molecule has 126 valence electrons. The van der Waals surface area contributed by atoms with Crippen molar-refractivity contribution in [3.8, 4) is 5.75 Å². The van der Waals surface area contributed by atoms with Crippen molar-refractivity contribution in [2.75, 3.05) is 5.43 Å². The topological polar surface area (TPSA) is 33.6 Å². The molecule has 0 aliphatic rings. The van der Waals surface area contributed by atoms with Gasteiger partial charge >= 0.3 is 0 Å². The van der Waals surface area contributed by atoms with Gasteiger partial charge in [-0.05, 0) is 53.6 Å². The van der Waals surface area contributed by atoms with Crippen molar-refractivity contribution >= 4 is 23.5 Å². The molecule has 0 aliphatic heterocycles. The third-order valence-electron chi connectivity index (χ3n) is 3.41. The summed E-state index contributed by atoms with van der Waals surface area (Å²) in [5.74, 6) is 0.463. The van der Waals surface area contributed by atoms with Crippen LogP contribution in [0.1, 0.15) is 11.1 Å². The Morgan fingerprint density at radius 2 is 1.80 bits per heavy atom. The van der Waals surface area contributed by atoms with Gasteiger partial charge in [-0.3, -0.25) is 5.43 Å². The molecule has 0 heterocycles. The summed E-state index contributed by atoms with van der Waals surface area (Å²) in [7, 11) is 0. The highest BCUT2D eigenvalue weighted by atomic mass is 35.5. The number of hydrogen-bond acceptors (Lipinski definition) is 3. The maximum Gasteiger partial charge on any atom is 0.123 e. The molecule has 0 radical (unpaired) electrons. The summed E-state index contributed by atoms with van der Waals surface area (Å²) in [4.78, 5) is 0. The van der Waals surface area contributed by atoms with Gasteiger partial charge in [-0.25, -0.2) is 4.39 Å². The molecule has 0 bridgehead atoms. The van der Waals surface area contributed by atoms with Gasteiger partial charge in [-0.2, -0.15) is 5.10 Å². The van der Waals surface area contributed by atoms with Crippen LogP contribution in [0.25, 0.3) is 0 Å². The smallest absolute Gasteiger partial charge is 0.123 e. The van der Waals surface area contributed by atoms with Crippen LogP contribution in [0, 0.1) is 5.82 Å². The maximum atomic E-state index is 12.9. The van der Waals surface area contributed by atoms with Gasteiger partial charge in [0.1, 0.15) is 18.2 Å². The fourth-order valence-corrected chi connectivity index (χ4v) is 2.36. The van der Waals surface area contributed by atoms with Crippen LogP contribution < -0.4 is 10.2 Å². The summed E-state index contributed by atoms with van der Waals surface area (Å²) in [5.41, 5.74) is 5.54. The van der Waals surface area contributed by atoms with Gasteiger partial charge in [0.25, 0.3) is 0 Å². The number of nitrogens with zero attached hydrogens (tertiary/aromatic N) is 1. The number of benzene rings is 3. The van der Waals surface area contributed by atoms with Crippen LogP contribution in [0.2, 0.25) is 5.02 Å². The van der Waals surface area contributed by atoms with Crippen LogP contribution in [-0.4, -0.2) is 6.21 Å². The predicted molar refractivity (Wildman–Crippen MR) is 99.8 cm³/mol. The highest BCUT2D eigenvalue weighted by Gasteiger charge is 1.98. The molecule has 0 atom stereocenters. The zero-order chi connectivity index (χ0) is 17.5. The summed E-state index contributed by atoms with van der Waals surface area (Å²) >= 11 is 5.93. The van der Waals surface area contributed by atoms with Crippen molar-refractivity contribution in [3.05, 3.63) is 94.8 Å². The largest absolute Gasteiger partial charge is 0.489 e. The summed E-state index contributed by atoms with van der Waals surface area (Å²) < 4.78 is 18.6. The van der Waals surface area contributed by atoms with Crippen molar-refractivity contribution in [1.82, 2.24) is 0 Å². The molecule has 0 fully saturated rings. The van der Waals surface area contributed by atoms with Crippen LogP contribution in [0.4, 0.5) is 10.1 Å². The van der Waals surface area contributed by atoms with Gasteiger partial charge in [-0.1, -0.05) is 41.9 Å². The molecule has 1 N–H and O–H groups in total. The molecular formula is C20H16ClFN2O. The zero-order valence-corrected chi connectivity index (χ0v) is 14.1. The van der Waals surface area contributed by atoms with Crippen LogP contribution in [0.5, 0.6) is 5.75 Å². The predicted octanol–water partition coefficient (Wildman–Crippen LogP) is 5.50. The Bertz CT molecular complexity index is 866. The fourth-order valence-electron chi connectivity index (χ4n) is 2.17. The Balaban J connectivity index is 1.59. The number of nitrogens with one attached hydrogen (secondary N) is 1. The quantitative estimate of drug-likeness (QED) is 0.468. The highest BCUT2D eigenvalue weighted by molar-refractivity contribution is 6.30. The lowest BCUT2D eigenvalue weighted by atomic mass is 10.2. The zero-order valence-electron chi connectivity index (χ0n) is 13.3. The minimum absolute atomic E-state index is 0.255. The van der Waals surface area contributed by atoms with Crippen molar-refractivity contribution in [1.29, 1.82) is 0 Å². The van der Waals surface area contributed by atoms with E-state index in [0.717, 1.165) is 22.6 Å². The molecule has 3 aromatic carbocycles. The standard InChI is InChI=1S/C20H16ClFN2O/c21-17-4-2-5-19(12-17)24-23-13-16-3-1-6-20(11-16)25-14-15-7-9-18(22)10-8-15/h1-13,24H,14H2. The molecule has 0 unspecified atom stereocenters. The van der Waals surface area contributed by atoms with E-state index in [9.17, 15) is 4.39 Å². The summed E-state index contributed by atoms with van der Waals surface area (Å²) in [6, 6.07) is 21.1. The minimum atomic E-state index is -0.255. The van der Waals surface area contributed by atoms with Gasteiger partial charge in [-0.15, -0.1) is 0 Å². The van der Waals surface area contributed by atoms with E-state index in [4.69, 9.17) is 16.3 Å². The average molecular weight is 355 g/mol. The van der Waals surface area contributed by atoms with Crippen molar-refractivity contribution in [2.24, 2.45) is 5.10 Å². The monoisotopic (exact) mass is 354 g/mol. The normalized spacial score (nSPS) is 10.8. The minimum Gasteiger partial charge on any atom is -0.489 e. The summed E-state index contributed by atoms with van der Waals surface area (Å²) in [6.45, 7) is 0.377. The summed E-state index contributed by atoms with van der Waals surface area (Å²) in [6.07, 6.45) is 1.70. The third kappa shape index (κ3) is 5.33. The number of halogens is 2. The molecule has 0 amide bonds. The van der Waals surface area contributed by atoms with Crippen LogP contribution >= 0.6 is 11.6 Å². The lowest BCUT2D eigenvalue weighted by molar-refractivity contribution is 0.306. The van der Waals surface area contributed by atoms with Gasteiger partial charge in [0.05, 0.1) is 11.9 Å². The Labute approximate surface area is 150 Å². The van der Waals surface area contributed by atoms with E-state index in [1.54, 1.807) is 30.5 Å². The molecule has 3 aromatic rings. The number of anilines is 1. The number of rotatable bonds is 6.